The van der Waals surface area contributed by atoms with Crippen molar-refractivity contribution in [2.45, 2.75) is 0 Å². The second kappa shape index (κ2) is 10.1. The molecule has 0 aliphatic carbocycles. The molecule has 198 valence electrons. The second-order valence-corrected chi connectivity index (χ2v) is 10.6. The van der Waals surface area contributed by atoms with Crippen LogP contribution in [0.5, 0.6) is 0 Å². The molecule has 1 heterocycles. The largest absolute Gasteiger partial charge is 0.455 e. The minimum absolute atomic E-state index is 0.911. The maximum Gasteiger partial charge on any atom is 0.143 e. The third-order valence-electron chi connectivity index (χ3n) is 8.06. The van der Waals surface area contributed by atoms with Crippen molar-refractivity contribution >= 4 is 49.8 Å². The van der Waals surface area contributed by atoms with Crippen LogP contribution in [0.15, 0.2) is 168 Å². The fraction of sp³-hybridized carbons (Fsp3) is 0. The van der Waals surface area contributed by atoms with Gasteiger partial charge in [-0.3, -0.25) is 0 Å². The first kappa shape index (κ1) is 24.2. The Balaban J connectivity index is 1.34. The molecule has 8 rings (SSSR count). The molecule has 0 bridgehead atoms. The van der Waals surface area contributed by atoms with E-state index in [9.17, 15) is 0 Å². The zero-order valence-electron chi connectivity index (χ0n) is 22.9. The third kappa shape index (κ3) is 4.13. The van der Waals surface area contributed by atoms with Crippen molar-refractivity contribution in [1.29, 1.82) is 0 Å². The van der Waals surface area contributed by atoms with Crippen molar-refractivity contribution in [3.8, 4) is 22.3 Å². The van der Waals surface area contributed by atoms with Crippen LogP contribution in [0.1, 0.15) is 0 Å². The van der Waals surface area contributed by atoms with Gasteiger partial charge in [-0.25, -0.2) is 0 Å². The molecule has 0 spiro atoms. The van der Waals surface area contributed by atoms with Crippen molar-refractivity contribution < 1.29 is 4.42 Å². The number of furan rings is 1. The monoisotopic (exact) mass is 537 g/mol. The lowest BCUT2D eigenvalue weighted by Crippen LogP contribution is -2.10. The molecule has 0 fully saturated rings. The van der Waals surface area contributed by atoms with Crippen LogP contribution < -0.4 is 4.90 Å². The zero-order chi connectivity index (χ0) is 27.9. The highest BCUT2D eigenvalue weighted by atomic mass is 16.3. The lowest BCUT2D eigenvalue weighted by molar-refractivity contribution is 0.672. The van der Waals surface area contributed by atoms with Crippen molar-refractivity contribution in [3.05, 3.63) is 164 Å². The van der Waals surface area contributed by atoms with Gasteiger partial charge in [0.15, 0.2) is 0 Å². The van der Waals surface area contributed by atoms with E-state index in [0.717, 1.165) is 49.8 Å². The number of hydrogen-bond donors (Lipinski definition) is 0. The summed E-state index contributed by atoms with van der Waals surface area (Å²) in [6.07, 6.45) is 0. The Bertz CT molecular complexity index is 2180. The Morgan fingerprint density at radius 1 is 0.357 bits per heavy atom. The molecule has 0 aliphatic heterocycles. The van der Waals surface area contributed by atoms with Crippen LogP contribution >= 0.6 is 0 Å². The molecule has 0 saturated heterocycles. The average molecular weight is 538 g/mol. The summed E-state index contributed by atoms with van der Waals surface area (Å²) >= 11 is 0. The van der Waals surface area contributed by atoms with E-state index >= 15 is 0 Å². The Kier molecular flexibility index (Phi) is 5.82. The predicted molar refractivity (Wildman–Crippen MR) is 177 cm³/mol. The summed E-state index contributed by atoms with van der Waals surface area (Å²) in [5.74, 6) is 0. The molecular formula is C40H27NO. The number of rotatable bonds is 5. The van der Waals surface area contributed by atoms with Gasteiger partial charge in [-0.05, 0) is 64.7 Å². The van der Waals surface area contributed by atoms with Gasteiger partial charge in [-0.1, -0.05) is 121 Å². The molecule has 0 aliphatic rings. The van der Waals surface area contributed by atoms with E-state index in [1.54, 1.807) is 0 Å². The summed E-state index contributed by atoms with van der Waals surface area (Å²) in [5.41, 5.74) is 9.91. The highest BCUT2D eigenvalue weighted by Crippen LogP contribution is 2.43. The van der Waals surface area contributed by atoms with Crippen LogP contribution in [0.25, 0.3) is 55.0 Å². The Labute approximate surface area is 244 Å². The van der Waals surface area contributed by atoms with Gasteiger partial charge in [0.25, 0.3) is 0 Å². The minimum atomic E-state index is 0.911. The van der Waals surface area contributed by atoms with Crippen molar-refractivity contribution in [2.75, 3.05) is 4.90 Å². The molecule has 0 atom stereocenters. The number of fused-ring (bicyclic) bond motifs is 5. The van der Waals surface area contributed by atoms with Crippen LogP contribution in [0.2, 0.25) is 0 Å². The molecule has 0 unspecified atom stereocenters. The van der Waals surface area contributed by atoms with Gasteiger partial charge in [0.05, 0.1) is 5.69 Å². The first-order chi connectivity index (χ1) is 20.8. The molecule has 0 N–H and O–H groups in total. The first-order valence-electron chi connectivity index (χ1n) is 14.3. The quantitative estimate of drug-likeness (QED) is 0.217. The van der Waals surface area contributed by atoms with E-state index in [2.05, 4.69) is 157 Å². The number of anilines is 3. The Morgan fingerprint density at radius 3 is 1.71 bits per heavy atom. The van der Waals surface area contributed by atoms with Gasteiger partial charge in [0.2, 0.25) is 0 Å². The zero-order valence-corrected chi connectivity index (χ0v) is 22.9. The molecule has 0 radical (unpaired) electrons. The van der Waals surface area contributed by atoms with Crippen LogP contribution in [-0.2, 0) is 0 Å². The maximum atomic E-state index is 6.44. The molecule has 1 aromatic heterocycles. The summed E-state index contributed by atoms with van der Waals surface area (Å²) in [4.78, 5) is 2.36. The lowest BCUT2D eigenvalue weighted by Gasteiger charge is -2.27. The average Bonchev–Trinajstić information content (AvgIpc) is 3.46. The third-order valence-corrected chi connectivity index (χ3v) is 8.06. The van der Waals surface area contributed by atoms with E-state index in [0.29, 0.717) is 0 Å². The van der Waals surface area contributed by atoms with Crippen LogP contribution in [0.4, 0.5) is 17.1 Å². The van der Waals surface area contributed by atoms with Crippen LogP contribution in [0.3, 0.4) is 0 Å². The van der Waals surface area contributed by atoms with Crippen molar-refractivity contribution in [2.24, 2.45) is 0 Å². The predicted octanol–water partition coefficient (Wildman–Crippen LogP) is 11.5. The number of benzene rings is 7. The molecule has 42 heavy (non-hydrogen) atoms. The van der Waals surface area contributed by atoms with Gasteiger partial charge in [-0.15, -0.1) is 0 Å². The van der Waals surface area contributed by atoms with Crippen molar-refractivity contribution in [1.82, 2.24) is 0 Å². The first-order valence-corrected chi connectivity index (χ1v) is 14.3. The fourth-order valence-corrected chi connectivity index (χ4v) is 6.03. The van der Waals surface area contributed by atoms with E-state index in [1.807, 2.05) is 12.1 Å². The Morgan fingerprint density at radius 2 is 0.929 bits per heavy atom. The van der Waals surface area contributed by atoms with Gasteiger partial charge < -0.3 is 9.32 Å². The van der Waals surface area contributed by atoms with E-state index in [-0.39, 0.29) is 0 Å². The van der Waals surface area contributed by atoms with E-state index < -0.39 is 0 Å². The molecule has 2 nitrogen and oxygen atoms in total. The number of nitrogens with zero attached hydrogens (tertiary/aromatic N) is 1. The Hall–Kier alpha value is -5.60. The maximum absolute atomic E-state index is 6.44. The van der Waals surface area contributed by atoms with Crippen LogP contribution in [0, 0.1) is 0 Å². The number of hydrogen-bond acceptors (Lipinski definition) is 2. The van der Waals surface area contributed by atoms with E-state index in [4.69, 9.17) is 4.42 Å². The normalized spacial score (nSPS) is 11.3. The van der Waals surface area contributed by atoms with Gasteiger partial charge in [0, 0.05) is 32.9 Å². The van der Waals surface area contributed by atoms with E-state index in [1.165, 1.54) is 22.3 Å². The molecular weight excluding hydrogens is 510 g/mol. The SMILES string of the molecule is c1ccc(-c2ccc(N(c3cccc(-c4ccccc4)c3)c3cccc4c3ccc3c5ccccc5oc43)cc2)cc1. The molecule has 2 heteroatoms. The summed E-state index contributed by atoms with van der Waals surface area (Å²) < 4.78 is 6.44. The number of para-hydroxylation sites is 1. The summed E-state index contributed by atoms with van der Waals surface area (Å²) in [5, 5.41) is 4.52. The van der Waals surface area contributed by atoms with Crippen LogP contribution in [-0.4, -0.2) is 0 Å². The van der Waals surface area contributed by atoms with Gasteiger partial charge in [0.1, 0.15) is 11.2 Å². The van der Waals surface area contributed by atoms with Gasteiger partial charge >= 0.3 is 0 Å². The second-order valence-electron chi connectivity index (χ2n) is 10.6. The van der Waals surface area contributed by atoms with Gasteiger partial charge in [-0.2, -0.15) is 0 Å². The molecule has 0 amide bonds. The smallest absolute Gasteiger partial charge is 0.143 e. The topological polar surface area (TPSA) is 16.4 Å². The fourth-order valence-electron chi connectivity index (χ4n) is 6.03. The molecule has 0 saturated carbocycles. The standard InChI is InChI=1S/C40H27NO/c1-3-11-28(12-4-1)30-21-23-32(24-22-30)41(33-16-9-15-31(27-33)29-13-5-2-6-14-29)38-19-10-18-36-34(38)25-26-37-35-17-7-8-20-39(35)42-40(36)37/h1-27H. The summed E-state index contributed by atoms with van der Waals surface area (Å²) in [7, 11) is 0. The highest BCUT2D eigenvalue weighted by molar-refractivity contribution is 6.17. The highest BCUT2D eigenvalue weighted by Gasteiger charge is 2.18. The molecule has 7 aromatic carbocycles. The minimum Gasteiger partial charge on any atom is -0.455 e. The lowest BCUT2D eigenvalue weighted by atomic mass is 10.0. The molecule has 8 aromatic rings. The summed E-state index contributed by atoms with van der Waals surface area (Å²) in [6, 6.07) is 57.9. The summed E-state index contributed by atoms with van der Waals surface area (Å²) in [6.45, 7) is 0. The van der Waals surface area contributed by atoms with Crippen molar-refractivity contribution in [3.63, 3.8) is 0 Å².